The summed E-state index contributed by atoms with van der Waals surface area (Å²) in [6, 6.07) is 18.6. The molecule has 0 saturated carbocycles. The van der Waals surface area contributed by atoms with Gasteiger partial charge in [0.2, 0.25) is 21.8 Å². The Hall–Kier alpha value is -2.78. The Bertz CT molecular complexity index is 1470. The summed E-state index contributed by atoms with van der Waals surface area (Å²) in [7, 11) is -4.01. The zero-order valence-electron chi connectivity index (χ0n) is 23.4. The maximum atomic E-state index is 14.1. The summed E-state index contributed by atoms with van der Waals surface area (Å²) in [6.07, 6.45) is 1.90. The van der Waals surface area contributed by atoms with E-state index in [1.165, 1.54) is 17.0 Å². The molecule has 2 amide bonds. The molecule has 0 aliphatic heterocycles. The molecule has 3 aromatic carbocycles. The molecule has 0 unspecified atom stereocenters. The first kappa shape index (κ1) is 32.7. The molecule has 0 radical (unpaired) electrons. The maximum absolute atomic E-state index is 14.1. The number of nitrogens with one attached hydrogen (secondary N) is 1. The zero-order chi connectivity index (χ0) is 30.3. The van der Waals surface area contributed by atoms with Gasteiger partial charge in [-0.15, -0.1) is 0 Å². The largest absolute Gasteiger partial charge is 0.352 e. The van der Waals surface area contributed by atoms with E-state index >= 15 is 0 Å². The third-order valence-electron chi connectivity index (χ3n) is 6.68. The number of aryl methyl sites for hydroxylation is 1. The summed E-state index contributed by atoms with van der Waals surface area (Å²) in [5, 5.41) is 3.24. The Balaban J connectivity index is 2.09. The first-order chi connectivity index (χ1) is 19.3. The Morgan fingerprint density at radius 1 is 0.902 bits per heavy atom. The number of anilines is 1. The van der Waals surface area contributed by atoms with Gasteiger partial charge in [0.15, 0.2) is 0 Å². The highest BCUT2D eigenvalue weighted by Gasteiger charge is 2.34. The average Bonchev–Trinajstić information content (AvgIpc) is 2.92. The SMILES string of the molecule is CC[C@H](C)NC(=O)[C@H](Cc1ccccc1)N(Cc1ccc(C)cc1)C(=O)CN(c1cc(Cl)c(Cl)cc1Cl)S(C)(=O)=O. The third-order valence-corrected chi connectivity index (χ3v) is 8.83. The Morgan fingerprint density at radius 2 is 1.51 bits per heavy atom. The van der Waals surface area contributed by atoms with Crippen LogP contribution in [0.15, 0.2) is 66.7 Å². The van der Waals surface area contributed by atoms with Crippen LogP contribution in [-0.2, 0) is 32.6 Å². The lowest BCUT2D eigenvalue weighted by Gasteiger charge is -2.34. The van der Waals surface area contributed by atoms with Crippen molar-refractivity contribution in [1.82, 2.24) is 10.2 Å². The number of nitrogens with zero attached hydrogens (tertiary/aromatic N) is 2. The quantitative estimate of drug-likeness (QED) is 0.237. The van der Waals surface area contributed by atoms with Gasteiger partial charge < -0.3 is 10.2 Å². The molecular formula is C30H34Cl3N3O4S. The molecule has 0 bridgehead atoms. The van der Waals surface area contributed by atoms with Crippen LogP contribution in [0.3, 0.4) is 0 Å². The second-order valence-electron chi connectivity index (χ2n) is 10.0. The van der Waals surface area contributed by atoms with Gasteiger partial charge >= 0.3 is 0 Å². The predicted molar refractivity (Wildman–Crippen MR) is 167 cm³/mol. The number of amides is 2. The monoisotopic (exact) mass is 637 g/mol. The van der Waals surface area contributed by atoms with Crippen LogP contribution >= 0.6 is 34.8 Å². The summed E-state index contributed by atoms with van der Waals surface area (Å²) in [6.45, 7) is 5.27. The molecule has 3 rings (SSSR count). The van der Waals surface area contributed by atoms with Crippen molar-refractivity contribution in [2.24, 2.45) is 0 Å². The lowest BCUT2D eigenvalue weighted by Crippen LogP contribution is -2.54. The number of benzene rings is 3. The Labute approximate surface area is 257 Å². The summed E-state index contributed by atoms with van der Waals surface area (Å²) < 4.78 is 26.8. The van der Waals surface area contributed by atoms with Crippen LogP contribution in [0, 0.1) is 6.92 Å². The van der Waals surface area contributed by atoms with Crippen molar-refractivity contribution < 1.29 is 18.0 Å². The summed E-state index contributed by atoms with van der Waals surface area (Å²) in [4.78, 5) is 29.3. The fourth-order valence-corrected chi connectivity index (χ4v) is 5.73. The van der Waals surface area contributed by atoms with Crippen molar-refractivity contribution in [2.45, 2.75) is 52.2 Å². The second-order valence-corrected chi connectivity index (χ2v) is 13.1. The van der Waals surface area contributed by atoms with E-state index in [1.807, 2.05) is 75.4 Å². The van der Waals surface area contributed by atoms with E-state index in [0.29, 0.717) is 6.42 Å². The smallest absolute Gasteiger partial charge is 0.244 e. The molecule has 1 N–H and O–H groups in total. The number of carbonyl (C=O) groups is 2. The Kier molecular flexibility index (Phi) is 11.5. The van der Waals surface area contributed by atoms with Gasteiger partial charge in [0.05, 0.1) is 27.0 Å². The van der Waals surface area contributed by atoms with Crippen LogP contribution in [-0.4, -0.2) is 50.0 Å². The summed E-state index contributed by atoms with van der Waals surface area (Å²) in [5.41, 5.74) is 2.69. The van der Waals surface area contributed by atoms with E-state index in [1.54, 1.807) is 0 Å². The molecule has 0 saturated heterocycles. The summed E-state index contributed by atoms with van der Waals surface area (Å²) >= 11 is 18.6. The number of hydrogen-bond donors (Lipinski definition) is 1. The number of sulfonamides is 1. The predicted octanol–water partition coefficient (Wildman–Crippen LogP) is 6.28. The van der Waals surface area contributed by atoms with Crippen molar-refractivity contribution >= 4 is 62.3 Å². The van der Waals surface area contributed by atoms with Crippen LogP contribution in [0.25, 0.3) is 0 Å². The van der Waals surface area contributed by atoms with Crippen LogP contribution in [0.2, 0.25) is 15.1 Å². The van der Waals surface area contributed by atoms with Gasteiger partial charge in [-0.05, 0) is 43.5 Å². The van der Waals surface area contributed by atoms with Gasteiger partial charge in [-0.25, -0.2) is 8.42 Å². The van der Waals surface area contributed by atoms with E-state index in [-0.39, 0.29) is 45.7 Å². The van der Waals surface area contributed by atoms with Crippen LogP contribution in [0.5, 0.6) is 0 Å². The Morgan fingerprint density at radius 3 is 2.10 bits per heavy atom. The number of hydrogen-bond acceptors (Lipinski definition) is 4. The molecule has 2 atom stereocenters. The van der Waals surface area contributed by atoms with Crippen molar-refractivity contribution in [3.05, 3.63) is 98.5 Å². The van der Waals surface area contributed by atoms with E-state index < -0.39 is 28.5 Å². The van der Waals surface area contributed by atoms with Crippen molar-refractivity contribution in [2.75, 3.05) is 17.1 Å². The van der Waals surface area contributed by atoms with Crippen molar-refractivity contribution in [3.8, 4) is 0 Å². The average molecular weight is 639 g/mol. The zero-order valence-corrected chi connectivity index (χ0v) is 26.5. The first-order valence-electron chi connectivity index (χ1n) is 13.1. The molecule has 0 aliphatic rings. The van der Waals surface area contributed by atoms with Gasteiger partial charge in [-0.3, -0.25) is 13.9 Å². The lowest BCUT2D eigenvalue weighted by atomic mass is 10.0. The molecule has 0 aromatic heterocycles. The minimum atomic E-state index is -4.01. The topological polar surface area (TPSA) is 86.8 Å². The van der Waals surface area contributed by atoms with Gasteiger partial charge in [-0.1, -0.05) is 102 Å². The molecule has 7 nitrogen and oxygen atoms in total. The number of halogens is 3. The molecule has 0 spiro atoms. The normalized spacial score (nSPS) is 12.9. The standard InChI is InChI=1S/C30H34Cl3N3O4S/c1-5-21(3)34-30(38)28(15-22-9-7-6-8-10-22)35(18-23-13-11-20(2)12-14-23)29(37)19-36(41(4,39)40)27-17-25(32)24(31)16-26(27)33/h6-14,16-17,21,28H,5,15,18-19H2,1-4H3,(H,34,38)/t21-,28-/m0/s1. The fourth-order valence-electron chi connectivity index (χ4n) is 4.18. The third kappa shape index (κ3) is 9.10. The van der Waals surface area contributed by atoms with Gasteiger partial charge in [0.25, 0.3) is 0 Å². The highest BCUT2D eigenvalue weighted by atomic mass is 35.5. The van der Waals surface area contributed by atoms with Crippen LogP contribution in [0.4, 0.5) is 5.69 Å². The number of rotatable bonds is 12. The van der Waals surface area contributed by atoms with Crippen LogP contribution in [0.1, 0.15) is 37.0 Å². The van der Waals surface area contributed by atoms with Gasteiger partial charge in [0, 0.05) is 19.0 Å². The maximum Gasteiger partial charge on any atom is 0.244 e. The fraction of sp³-hybridized carbons (Fsp3) is 0.333. The van der Waals surface area contributed by atoms with Crippen LogP contribution < -0.4 is 9.62 Å². The molecule has 220 valence electrons. The minimum absolute atomic E-state index is 0.0101. The molecule has 3 aromatic rings. The molecule has 11 heteroatoms. The van der Waals surface area contributed by atoms with Crippen molar-refractivity contribution in [1.29, 1.82) is 0 Å². The van der Waals surface area contributed by atoms with Gasteiger partial charge in [-0.2, -0.15) is 0 Å². The van der Waals surface area contributed by atoms with E-state index in [9.17, 15) is 18.0 Å². The molecule has 0 aliphatic carbocycles. The first-order valence-corrected chi connectivity index (χ1v) is 16.1. The second kappa shape index (κ2) is 14.4. The molecule has 0 fully saturated rings. The summed E-state index contributed by atoms with van der Waals surface area (Å²) in [5.74, 6) is -0.916. The highest BCUT2D eigenvalue weighted by Crippen LogP contribution is 2.35. The molecule has 0 heterocycles. The van der Waals surface area contributed by atoms with E-state index in [4.69, 9.17) is 34.8 Å². The van der Waals surface area contributed by atoms with E-state index in [2.05, 4.69) is 5.32 Å². The van der Waals surface area contributed by atoms with Gasteiger partial charge in [0.1, 0.15) is 12.6 Å². The number of carbonyl (C=O) groups excluding carboxylic acids is 2. The lowest BCUT2D eigenvalue weighted by molar-refractivity contribution is -0.140. The molecular weight excluding hydrogens is 605 g/mol. The highest BCUT2D eigenvalue weighted by molar-refractivity contribution is 7.92. The minimum Gasteiger partial charge on any atom is -0.352 e. The molecule has 41 heavy (non-hydrogen) atoms. The van der Waals surface area contributed by atoms with E-state index in [0.717, 1.165) is 27.3 Å². The van der Waals surface area contributed by atoms with Crippen molar-refractivity contribution in [3.63, 3.8) is 0 Å².